The third-order valence-corrected chi connectivity index (χ3v) is 3.88. The highest BCUT2D eigenvalue weighted by atomic mass is 32.2. The van der Waals surface area contributed by atoms with Crippen LogP contribution >= 0.6 is 11.8 Å². The van der Waals surface area contributed by atoms with E-state index in [1.807, 2.05) is 0 Å². The van der Waals surface area contributed by atoms with Crippen molar-refractivity contribution in [3.63, 3.8) is 0 Å². The minimum atomic E-state index is -0.685. The second-order valence-corrected chi connectivity index (χ2v) is 8.91. The molecule has 28 heavy (non-hydrogen) atoms. The number of nitrogens with one attached hydrogen (secondary N) is 1. The van der Waals surface area contributed by atoms with Crippen LogP contribution in [-0.2, 0) is 16.0 Å². The summed E-state index contributed by atoms with van der Waals surface area (Å²) in [5, 5.41) is 8.13. The van der Waals surface area contributed by atoms with Crippen LogP contribution in [0.2, 0.25) is 0 Å². The van der Waals surface area contributed by atoms with Crippen molar-refractivity contribution in [3.05, 3.63) is 29.3 Å². The van der Waals surface area contributed by atoms with Crippen molar-refractivity contribution in [1.29, 1.82) is 5.41 Å². The average Bonchev–Trinajstić information content (AvgIpc) is 2.55. The summed E-state index contributed by atoms with van der Waals surface area (Å²) >= 11 is 1.12. The van der Waals surface area contributed by atoms with Crippen LogP contribution in [-0.4, -0.2) is 46.7 Å². The van der Waals surface area contributed by atoms with E-state index in [1.54, 1.807) is 66.0 Å². The van der Waals surface area contributed by atoms with Crippen LogP contribution in [0.1, 0.15) is 57.5 Å². The molecule has 1 rings (SSSR count). The van der Waals surface area contributed by atoms with Crippen molar-refractivity contribution < 1.29 is 23.8 Å². The Kier molecular flexibility index (Phi) is 7.93. The van der Waals surface area contributed by atoms with E-state index < -0.39 is 23.3 Å². The molecule has 0 aliphatic carbocycles. The van der Waals surface area contributed by atoms with Gasteiger partial charge in [-0.1, -0.05) is 17.8 Å². The Morgan fingerprint density at radius 2 is 1.64 bits per heavy atom. The van der Waals surface area contributed by atoms with E-state index in [2.05, 4.69) is 0 Å². The standard InChI is InChI=1S/C20H30N2O5S/c1-19(2,3)26-16(23)14-11-13(9-10-15(14)25-7)12-22(17(21)28-8)18(24)27-20(4,5)6/h9-11,21H,12H2,1-8H3. The maximum Gasteiger partial charge on any atom is 0.416 e. The fourth-order valence-corrected chi connectivity index (χ4v) is 2.53. The molecule has 1 aromatic carbocycles. The Bertz CT molecular complexity index is 735. The Balaban J connectivity index is 3.19. The van der Waals surface area contributed by atoms with Gasteiger partial charge in [-0.05, 0) is 65.5 Å². The normalized spacial score (nSPS) is 11.6. The van der Waals surface area contributed by atoms with Gasteiger partial charge < -0.3 is 14.2 Å². The minimum absolute atomic E-state index is 0.0453. The maximum absolute atomic E-state index is 12.5. The number of esters is 1. The summed E-state index contributed by atoms with van der Waals surface area (Å²) in [6, 6.07) is 4.99. The van der Waals surface area contributed by atoms with Crippen molar-refractivity contribution >= 4 is 29.0 Å². The molecule has 1 aromatic rings. The molecule has 8 heteroatoms. The van der Waals surface area contributed by atoms with Gasteiger partial charge in [-0.15, -0.1) is 0 Å². The Morgan fingerprint density at radius 3 is 2.11 bits per heavy atom. The van der Waals surface area contributed by atoms with Gasteiger partial charge >= 0.3 is 12.1 Å². The molecule has 0 fully saturated rings. The number of amidine groups is 1. The lowest BCUT2D eigenvalue weighted by molar-refractivity contribution is 0.00662. The van der Waals surface area contributed by atoms with Gasteiger partial charge in [0, 0.05) is 0 Å². The molecule has 156 valence electrons. The molecule has 0 saturated carbocycles. The summed E-state index contributed by atoms with van der Waals surface area (Å²) < 4.78 is 16.1. The number of benzene rings is 1. The average molecular weight is 411 g/mol. The summed E-state index contributed by atoms with van der Waals surface area (Å²) in [6.07, 6.45) is 1.08. The van der Waals surface area contributed by atoms with Crippen LogP contribution in [0, 0.1) is 5.41 Å². The molecule has 1 N–H and O–H groups in total. The fourth-order valence-electron chi connectivity index (χ4n) is 2.18. The van der Waals surface area contributed by atoms with Gasteiger partial charge in [-0.2, -0.15) is 0 Å². The molecular formula is C20H30N2O5S. The topological polar surface area (TPSA) is 88.9 Å². The Morgan fingerprint density at radius 1 is 1.07 bits per heavy atom. The number of methoxy groups -OCH3 is 1. The Labute approximate surface area is 171 Å². The smallest absolute Gasteiger partial charge is 0.416 e. The van der Waals surface area contributed by atoms with Crippen molar-refractivity contribution in [2.45, 2.75) is 59.3 Å². The van der Waals surface area contributed by atoms with Crippen LogP contribution in [0.25, 0.3) is 0 Å². The molecular weight excluding hydrogens is 380 g/mol. The molecule has 0 aliphatic rings. The SMILES string of the molecule is COc1ccc(CN(C(=N)SC)C(=O)OC(C)(C)C)cc1C(=O)OC(C)(C)C. The fraction of sp³-hybridized carbons (Fsp3) is 0.550. The molecule has 0 unspecified atom stereocenters. The summed E-state index contributed by atoms with van der Waals surface area (Å²) in [4.78, 5) is 26.3. The highest BCUT2D eigenvalue weighted by Crippen LogP contribution is 2.25. The molecule has 0 heterocycles. The number of ether oxygens (including phenoxy) is 3. The molecule has 0 radical (unpaired) electrons. The van der Waals surface area contributed by atoms with Crippen LogP contribution in [0.4, 0.5) is 4.79 Å². The zero-order valence-corrected chi connectivity index (χ0v) is 18.7. The molecule has 0 bridgehead atoms. The van der Waals surface area contributed by atoms with E-state index in [0.717, 1.165) is 11.8 Å². The van der Waals surface area contributed by atoms with E-state index in [0.29, 0.717) is 11.3 Å². The second kappa shape index (κ2) is 9.32. The lowest BCUT2D eigenvalue weighted by atomic mass is 10.1. The van der Waals surface area contributed by atoms with E-state index in [9.17, 15) is 9.59 Å². The zero-order chi connectivity index (χ0) is 21.7. The summed E-state index contributed by atoms with van der Waals surface area (Å²) in [5.74, 6) is -0.142. The highest BCUT2D eigenvalue weighted by Gasteiger charge is 2.26. The summed E-state index contributed by atoms with van der Waals surface area (Å²) in [6.45, 7) is 10.7. The third-order valence-electron chi connectivity index (χ3n) is 3.28. The van der Waals surface area contributed by atoms with E-state index >= 15 is 0 Å². The molecule has 0 atom stereocenters. The molecule has 0 spiro atoms. The predicted molar refractivity (Wildman–Crippen MR) is 111 cm³/mol. The molecule has 0 aliphatic heterocycles. The number of rotatable bonds is 4. The van der Waals surface area contributed by atoms with Gasteiger partial charge in [0.1, 0.15) is 22.5 Å². The molecule has 0 saturated heterocycles. The number of nitrogens with zero attached hydrogens (tertiary/aromatic N) is 1. The Hall–Kier alpha value is -2.22. The first kappa shape index (κ1) is 23.8. The van der Waals surface area contributed by atoms with Crippen molar-refractivity contribution in [2.24, 2.45) is 0 Å². The van der Waals surface area contributed by atoms with Crippen LogP contribution in [0.5, 0.6) is 5.75 Å². The van der Waals surface area contributed by atoms with Gasteiger partial charge in [-0.3, -0.25) is 10.3 Å². The van der Waals surface area contributed by atoms with E-state index in [4.69, 9.17) is 19.6 Å². The first-order valence-electron chi connectivity index (χ1n) is 8.80. The highest BCUT2D eigenvalue weighted by molar-refractivity contribution is 8.13. The van der Waals surface area contributed by atoms with Crippen LogP contribution in [0.3, 0.4) is 0 Å². The predicted octanol–water partition coefficient (Wildman–Crippen LogP) is 4.69. The largest absolute Gasteiger partial charge is 0.496 e. The summed E-state index contributed by atoms with van der Waals surface area (Å²) in [7, 11) is 1.47. The van der Waals surface area contributed by atoms with Crippen molar-refractivity contribution in [3.8, 4) is 5.75 Å². The first-order valence-corrected chi connectivity index (χ1v) is 10.0. The number of amides is 1. The van der Waals surface area contributed by atoms with Crippen LogP contribution in [0.15, 0.2) is 18.2 Å². The number of carbonyl (C=O) groups excluding carboxylic acids is 2. The lowest BCUT2D eigenvalue weighted by Crippen LogP contribution is -2.38. The maximum atomic E-state index is 12.5. The quantitative estimate of drug-likeness (QED) is 0.440. The van der Waals surface area contributed by atoms with E-state index in [1.165, 1.54) is 12.0 Å². The molecule has 7 nitrogen and oxygen atoms in total. The molecule has 0 aromatic heterocycles. The first-order chi connectivity index (χ1) is 12.8. The van der Waals surface area contributed by atoms with E-state index in [-0.39, 0.29) is 17.3 Å². The number of hydrogen-bond donors (Lipinski definition) is 1. The summed E-state index contributed by atoms with van der Waals surface area (Å²) in [5.41, 5.74) is -0.432. The zero-order valence-electron chi connectivity index (χ0n) is 17.8. The molecule has 1 amide bonds. The van der Waals surface area contributed by atoms with Gasteiger partial charge in [0.2, 0.25) is 0 Å². The number of carbonyl (C=O) groups is 2. The third kappa shape index (κ3) is 7.42. The number of hydrogen-bond acceptors (Lipinski definition) is 7. The minimum Gasteiger partial charge on any atom is -0.496 e. The van der Waals surface area contributed by atoms with Gasteiger partial charge in [0.15, 0.2) is 5.17 Å². The van der Waals surface area contributed by atoms with Crippen molar-refractivity contribution in [1.82, 2.24) is 4.90 Å². The second-order valence-electron chi connectivity index (χ2n) is 8.11. The lowest BCUT2D eigenvalue weighted by Gasteiger charge is -2.27. The number of thioether (sulfide) groups is 1. The van der Waals surface area contributed by atoms with Gasteiger partial charge in [-0.25, -0.2) is 9.59 Å². The van der Waals surface area contributed by atoms with Crippen LogP contribution < -0.4 is 4.74 Å². The van der Waals surface area contributed by atoms with Gasteiger partial charge in [0.05, 0.1) is 13.7 Å². The monoisotopic (exact) mass is 410 g/mol. The van der Waals surface area contributed by atoms with Gasteiger partial charge in [0.25, 0.3) is 0 Å². The van der Waals surface area contributed by atoms with Crippen molar-refractivity contribution in [2.75, 3.05) is 13.4 Å².